The maximum atomic E-state index is 13.8. The zero-order valence-electron chi connectivity index (χ0n) is 12.3. The van der Waals surface area contributed by atoms with E-state index >= 15 is 0 Å². The summed E-state index contributed by atoms with van der Waals surface area (Å²) in [7, 11) is 0. The highest BCUT2D eigenvalue weighted by molar-refractivity contribution is 5.73. The first-order chi connectivity index (χ1) is 10.2. The molecule has 1 aromatic heterocycles. The number of hydrogen-bond acceptors (Lipinski definition) is 5. The summed E-state index contributed by atoms with van der Waals surface area (Å²) in [5, 5.41) is 24.2. The van der Waals surface area contributed by atoms with Crippen LogP contribution in [-0.2, 0) is 5.54 Å². The van der Waals surface area contributed by atoms with Crippen molar-refractivity contribution in [2.45, 2.75) is 26.3 Å². The summed E-state index contributed by atoms with van der Waals surface area (Å²) < 4.78 is 15.2. The highest BCUT2D eigenvalue weighted by Gasteiger charge is 2.25. The van der Waals surface area contributed by atoms with Crippen LogP contribution in [0.4, 0.5) is 15.9 Å². The van der Waals surface area contributed by atoms with Crippen molar-refractivity contribution in [3.8, 4) is 17.3 Å². The Bertz CT molecular complexity index is 799. The second kappa shape index (κ2) is 5.11. The molecule has 1 heterocycles. The topological polar surface area (TPSA) is 111 Å². The van der Waals surface area contributed by atoms with Crippen LogP contribution in [-0.4, -0.2) is 14.7 Å². The van der Waals surface area contributed by atoms with Gasteiger partial charge in [0.1, 0.15) is 23.1 Å². The van der Waals surface area contributed by atoms with Crippen molar-refractivity contribution in [2.75, 3.05) is 5.73 Å². The molecule has 2 aromatic rings. The number of anilines is 1. The zero-order valence-corrected chi connectivity index (χ0v) is 12.3. The van der Waals surface area contributed by atoms with Crippen LogP contribution in [0.5, 0.6) is 0 Å². The highest BCUT2D eigenvalue weighted by Crippen LogP contribution is 2.32. The summed E-state index contributed by atoms with van der Waals surface area (Å²) >= 11 is 0. The summed E-state index contributed by atoms with van der Waals surface area (Å²) in [5.41, 5.74) is 5.40. The van der Waals surface area contributed by atoms with E-state index in [0.717, 1.165) is 12.1 Å². The lowest BCUT2D eigenvalue weighted by Gasteiger charge is -2.20. The Labute approximate surface area is 125 Å². The molecule has 7 nitrogen and oxygen atoms in total. The first-order valence-electron chi connectivity index (χ1n) is 6.40. The van der Waals surface area contributed by atoms with Gasteiger partial charge in [0.25, 0.3) is 0 Å². The lowest BCUT2D eigenvalue weighted by Crippen LogP contribution is -2.24. The predicted molar refractivity (Wildman–Crippen MR) is 78.4 cm³/mol. The van der Waals surface area contributed by atoms with E-state index in [9.17, 15) is 19.8 Å². The molecule has 0 saturated heterocycles. The van der Waals surface area contributed by atoms with Gasteiger partial charge in [-0.25, -0.2) is 4.68 Å². The number of nitro groups is 1. The summed E-state index contributed by atoms with van der Waals surface area (Å²) in [6, 6.07) is 5.31. The van der Waals surface area contributed by atoms with E-state index in [2.05, 4.69) is 5.10 Å². The van der Waals surface area contributed by atoms with E-state index in [1.165, 1.54) is 10.7 Å². The number of benzene rings is 1. The third kappa shape index (κ3) is 2.48. The Balaban J connectivity index is 2.66. The number of rotatable bonds is 2. The molecule has 0 atom stereocenters. The SMILES string of the molecule is CC(C)(C)n1nc(-c2ccc([N+](=O)[O-])c(F)c2)c(C#N)c1N. The molecule has 22 heavy (non-hydrogen) atoms. The van der Waals surface area contributed by atoms with Crippen LogP contribution >= 0.6 is 0 Å². The van der Waals surface area contributed by atoms with Gasteiger partial charge in [-0.05, 0) is 32.9 Å². The van der Waals surface area contributed by atoms with Gasteiger partial charge in [-0.2, -0.15) is 14.8 Å². The van der Waals surface area contributed by atoms with E-state index in [1.807, 2.05) is 26.8 Å². The van der Waals surface area contributed by atoms with Gasteiger partial charge in [-0.15, -0.1) is 0 Å². The molecule has 1 aromatic carbocycles. The van der Waals surface area contributed by atoms with Crippen LogP contribution in [0.25, 0.3) is 11.3 Å². The van der Waals surface area contributed by atoms with Gasteiger partial charge < -0.3 is 5.73 Å². The fourth-order valence-corrected chi connectivity index (χ4v) is 2.06. The smallest absolute Gasteiger partial charge is 0.304 e. The monoisotopic (exact) mass is 303 g/mol. The van der Waals surface area contributed by atoms with Gasteiger partial charge in [-0.3, -0.25) is 10.1 Å². The van der Waals surface area contributed by atoms with E-state index in [0.29, 0.717) is 0 Å². The highest BCUT2D eigenvalue weighted by atomic mass is 19.1. The average Bonchev–Trinajstić information content (AvgIpc) is 2.74. The van der Waals surface area contributed by atoms with Crippen LogP contribution < -0.4 is 5.73 Å². The van der Waals surface area contributed by atoms with Gasteiger partial charge in [0.05, 0.1) is 10.5 Å². The Hall–Kier alpha value is -2.95. The van der Waals surface area contributed by atoms with Gasteiger partial charge in [0.15, 0.2) is 0 Å². The minimum Gasteiger partial charge on any atom is -0.383 e. The third-order valence-electron chi connectivity index (χ3n) is 3.09. The number of nitrogens with two attached hydrogens (primary N) is 1. The normalized spacial score (nSPS) is 11.2. The van der Waals surface area contributed by atoms with Crippen LogP contribution in [0, 0.1) is 27.3 Å². The maximum absolute atomic E-state index is 13.8. The van der Waals surface area contributed by atoms with Crippen molar-refractivity contribution in [1.82, 2.24) is 9.78 Å². The van der Waals surface area contributed by atoms with E-state index in [1.54, 1.807) is 0 Å². The van der Waals surface area contributed by atoms with Crippen molar-refractivity contribution in [1.29, 1.82) is 5.26 Å². The molecule has 0 spiro atoms. The maximum Gasteiger partial charge on any atom is 0.304 e. The molecule has 0 radical (unpaired) electrons. The van der Waals surface area contributed by atoms with Crippen molar-refractivity contribution in [2.24, 2.45) is 0 Å². The van der Waals surface area contributed by atoms with Crippen molar-refractivity contribution in [3.05, 3.63) is 39.7 Å². The van der Waals surface area contributed by atoms with E-state index in [-0.39, 0.29) is 22.6 Å². The average molecular weight is 303 g/mol. The molecule has 8 heteroatoms. The van der Waals surface area contributed by atoms with E-state index in [4.69, 9.17) is 5.73 Å². The summed E-state index contributed by atoms with van der Waals surface area (Å²) in [4.78, 5) is 9.84. The second-order valence-corrected chi connectivity index (χ2v) is 5.73. The molecule has 0 aliphatic heterocycles. The summed E-state index contributed by atoms with van der Waals surface area (Å²) in [6.45, 7) is 5.58. The molecule has 0 bridgehead atoms. The molecule has 0 amide bonds. The van der Waals surface area contributed by atoms with Gasteiger partial charge in [0.2, 0.25) is 5.82 Å². The number of hydrogen-bond donors (Lipinski definition) is 1. The summed E-state index contributed by atoms with van der Waals surface area (Å²) in [5.74, 6) is -0.820. The minimum atomic E-state index is -0.990. The predicted octanol–water partition coefficient (Wildman–Crippen LogP) is 2.81. The molecule has 0 fully saturated rings. The third-order valence-corrected chi connectivity index (χ3v) is 3.09. The lowest BCUT2D eigenvalue weighted by molar-refractivity contribution is -0.387. The fraction of sp³-hybridized carbons (Fsp3) is 0.286. The molecule has 0 saturated carbocycles. The molecular formula is C14H14FN5O2. The van der Waals surface area contributed by atoms with Crippen molar-refractivity contribution in [3.63, 3.8) is 0 Å². The van der Waals surface area contributed by atoms with Crippen LogP contribution in [0.1, 0.15) is 26.3 Å². The first-order valence-corrected chi connectivity index (χ1v) is 6.40. The van der Waals surface area contributed by atoms with Crippen molar-refractivity contribution >= 4 is 11.5 Å². The molecule has 0 aliphatic carbocycles. The molecule has 114 valence electrons. The molecule has 2 N–H and O–H groups in total. The quantitative estimate of drug-likeness (QED) is 0.677. The lowest BCUT2D eigenvalue weighted by atomic mass is 10.1. The number of nitro benzene ring substituents is 1. The second-order valence-electron chi connectivity index (χ2n) is 5.73. The Morgan fingerprint density at radius 1 is 1.45 bits per heavy atom. The Morgan fingerprint density at radius 3 is 2.55 bits per heavy atom. The van der Waals surface area contributed by atoms with E-state index < -0.39 is 22.0 Å². The standard InChI is InChI=1S/C14H14FN5O2/c1-14(2,3)19-13(17)9(7-16)12(18-19)8-4-5-11(20(21)22)10(15)6-8/h4-6H,17H2,1-3H3. The number of aromatic nitrogens is 2. The minimum absolute atomic E-state index is 0.114. The largest absolute Gasteiger partial charge is 0.383 e. The zero-order chi connectivity index (χ0) is 16.7. The Kier molecular flexibility index (Phi) is 3.58. The number of nitrogens with zero attached hydrogens (tertiary/aromatic N) is 4. The van der Waals surface area contributed by atoms with Crippen LogP contribution in [0.2, 0.25) is 0 Å². The summed E-state index contributed by atoms with van der Waals surface area (Å²) in [6.07, 6.45) is 0. The molecule has 0 aliphatic rings. The number of halogens is 1. The van der Waals surface area contributed by atoms with Gasteiger partial charge >= 0.3 is 5.69 Å². The van der Waals surface area contributed by atoms with Gasteiger partial charge in [0, 0.05) is 11.6 Å². The Morgan fingerprint density at radius 2 is 2.09 bits per heavy atom. The molecule has 0 unspecified atom stereocenters. The van der Waals surface area contributed by atoms with Crippen LogP contribution in [0.3, 0.4) is 0 Å². The fourth-order valence-electron chi connectivity index (χ4n) is 2.06. The molecular weight excluding hydrogens is 289 g/mol. The van der Waals surface area contributed by atoms with Crippen molar-refractivity contribution < 1.29 is 9.31 Å². The number of nitriles is 1. The van der Waals surface area contributed by atoms with Crippen LogP contribution in [0.15, 0.2) is 18.2 Å². The number of nitrogen functional groups attached to an aromatic ring is 1. The van der Waals surface area contributed by atoms with Gasteiger partial charge in [-0.1, -0.05) is 0 Å². The molecule has 2 rings (SSSR count). The first kappa shape index (κ1) is 15.4.